The molecule has 0 saturated heterocycles. The summed E-state index contributed by atoms with van der Waals surface area (Å²) < 4.78 is 5.12. The number of benzene rings is 1. The summed E-state index contributed by atoms with van der Waals surface area (Å²) in [5.41, 5.74) is 5.10. The van der Waals surface area contributed by atoms with Gasteiger partial charge in [-0.1, -0.05) is 18.2 Å². The summed E-state index contributed by atoms with van der Waals surface area (Å²) in [7, 11) is 0. The second kappa shape index (κ2) is 5.43. The lowest BCUT2D eigenvalue weighted by molar-refractivity contribution is 0.374. The van der Waals surface area contributed by atoms with Crippen LogP contribution in [0.4, 0.5) is 0 Å². The monoisotopic (exact) mass is 186 g/mol. The van der Waals surface area contributed by atoms with Crippen molar-refractivity contribution in [1.82, 2.24) is 0 Å². The number of nitrogens with one attached hydrogen (secondary N) is 1. The number of hydrogen-bond acceptors (Lipinski definition) is 2. The third kappa shape index (κ3) is 3.83. The Morgan fingerprint density at radius 3 is 2.42 bits per heavy atom. The number of amidine groups is 1. The van der Waals surface area contributed by atoms with Crippen molar-refractivity contribution < 1.29 is 4.74 Å². The molecule has 12 heavy (non-hydrogen) atoms. The van der Waals surface area contributed by atoms with Gasteiger partial charge in [-0.25, -0.2) is 0 Å². The summed E-state index contributed by atoms with van der Waals surface area (Å²) in [6.07, 6.45) is 0. The standard InChI is InChI=1S/C8H10N2O.ClH/c9-8(10)6-11-7-4-2-1-3-5-7;/h1-5H,6H2,(H3,9,10);1H. The van der Waals surface area contributed by atoms with Crippen molar-refractivity contribution in [3.8, 4) is 5.75 Å². The molecular weight excluding hydrogens is 176 g/mol. The third-order valence-electron chi connectivity index (χ3n) is 1.14. The number of rotatable bonds is 3. The summed E-state index contributed by atoms with van der Waals surface area (Å²) in [4.78, 5) is 0. The number of hydrogen-bond donors (Lipinski definition) is 2. The number of nitrogens with two attached hydrogens (primary N) is 1. The lowest BCUT2D eigenvalue weighted by atomic mass is 10.3. The van der Waals surface area contributed by atoms with Gasteiger partial charge in [-0.05, 0) is 12.1 Å². The summed E-state index contributed by atoms with van der Waals surface area (Å²) in [6, 6.07) is 9.29. The van der Waals surface area contributed by atoms with Crippen LogP contribution < -0.4 is 10.5 Å². The fourth-order valence-corrected chi connectivity index (χ4v) is 0.678. The third-order valence-corrected chi connectivity index (χ3v) is 1.14. The van der Waals surface area contributed by atoms with Gasteiger partial charge >= 0.3 is 0 Å². The average Bonchev–Trinajstić information content (AvgIpc) is 2.03. The zero-order chi connectivity index (χ0) is 8.10. The van der Waals surface area contributed by atoms with Crippen molar-refractivity contribution in [2.24, 2.45) is 5.73 Å². The first-order valence-electron chi connectivity index (χ1n) is 3.30. The van der Waals surface area contributed by atoms with Gasteiger partial charge in [-0.2, -0.15) is 0 Å². The molecule has 0 heterocycles. The van der Waals surface area contributed by atoms with Gasteiger partial charge in [0.1, 0.15) is 18.2 Å². The molecular formula is C8H11ClN2O. The molecule has 0 spiro atoms. The van der Waals surface area contributed by atoms with Crippen LogP contribution in [0.3, 0.4) is 0 Å². The van der Waals surface area contributed by atoms with Crippen molar-refractivity contribution in [1.29, 1.82) is 5.41 Å². The van der Waals surface area contributed by atoms with E-state index in [2.05, 4.69) is 0 Å². The van der Waals surface area contributed by atoms with E-state index < -0.39 is 0 Å². The van der Waals surface area contributed by atoms with E-state index in [1.54, 1.807) is 0 Å². The van der Waals surface area contributed by atoms with Crippen LogP contribution >= 0.6 is 12.4 Å². The maximum absolute atomic E-state index is 6.90. The van der Waals surface area contributed by atoms with E-state index in [1.165, 1.54) is 0 Å². The Balaban J connectivity index is 0.00000121. The highest BCUT2D eigenvalue weighted by atomic mass is 35.5. The van der Waals surface area contributed by atoms with Crippen LogP contribution in [0.5, 0.6) is 5.75 Å². The van der Waals surface area contributed by atoms with E-state index >= 15 is 0 Å². The largest absolute Gasteiger partial charge is 0.486 e. The van der Waals surface area contributed by atoms with Gasteiger partial charge in [0.15, 0.2) is 0 Å². The van der Waals surface area contributed by atoms with E-state index in [0.29, 0.717) is 0 Å². The molecule has 3 nitrogen and oxygen atoms in total. The highest BCUT2D eigenvalue weighted by Gasteiger charge is 1.91. The summed E-state index contributed by atoms with van der Waals surface area (Å²) in [6.45, 7) is 0.157. The van der Waals surface area contributed by atoms with Crippen LogP contribution in [-0.4, -0.2) is 12.4 Å². The summed E-state index contributed by atoms with van der Waals surface area (Å²) in [5, 5.41) is 6.90. The molecule has 1 aromatic carbocycles. The van der Waals surface area contributed by atoms with Crippen molar-refractivity contribution in [3.63, 3.8) is 0 Å². The molecule has 0 fully saturated rings. The Kier molecular flexibility index (Phi) is 4.88. The summed E-state index contributed by atoms with van der Waals surface area (Å²) >= 11 is 0. The normalized spacial score (nSPS) is 8.33. The van der Waals surface area contributed by atoms with Crippen LogP contribution in [0, 0.1) is 5.41 Å². The van der Waals surface area contributed by atoms with Crippen molar-refractivity contribution in [2.75, 3.05) is 6.61 Å². The van der Waals surface area contributed by atoms with Crippen LogP contribution in [0.2, 0.25) is 0 Å². The van der Waals surface area contributed by atoms with Gasteiger partial charge in [-0.15, -0.1) is 12.4 Å². The second-order valence-electron chi connectivity index (χ2n) is 2.13. The Labute approximate surface area is 77.5 Å². The Morgan fingerprint density at radius 1 is 1.33 bits per heavy atom. The van der Waals surface area contributed by atoms with Gasteiger partial charge in [-0.3, -0.25) is 5.41 Å². The van der Waals surface area contributed by atoms with Crippen LogP contribution in [0.1, 0.15) is 0 Å². The van der Waals surface area contributed by atoms with Gasteiger partial charge in [0.05, 0.1) is 0 Å². The van der Waals surface area contributed by atoms with Gasteiger partial charge < -0.3 is 10.5 Å². The van der Waals surface area contributed by atoms with E-state index in [1.807, 2.05) is 30.3 Å². The number of ether oxygens (including phenoxy) is 1. The predicted octanol–water partition coefficient (Wildman–Crippen LogP) is 1.42. The zero-order valence-electron chi connectivity index (χ0n) is 6.49. The van der Waals surface area contributed by atoms with Crippen LogP contribution in [-0.2, 0) is 0 Å². The smallest absolute Gasteiger partial charge is 0.145 e. The summed E-state index contributed by atoms with van der Waals surface area (Å²) in [5.74, 6) is 0.775. The lowest BCUT2D eigenvalue weighted by Crippen LogP contribution is -2.19. The Morgan fingerprint density at radius 2 is 1.92 bits per heavy atom. The number of para-hydroxylation sites is 1. The first kappa shape index (κ1) is 10.8. The maximum Gasteiger partial charge on any atom is 0.145 e. The quantitative estimate of drug-likeness (QED) is 0.554. The maximum atomic E-state index is 6.90. The van der Waals surface area contributed by atoms with Crippen molar-refractivity contribution in [3.05, 3.63) is 30.3 Å². The van der Waals surface area contributed by atoms with Crippen molar-refractivity contribution in [2.45, 2.75) is 0 Å². The van der Waals surface area contributed by atoms with E-state index in [9.17, 15) is 0 Å². The molecule has 66 valence electrons. The molecule has 0 unspecified atom stereocenters. The SMILES string of the molecule is Cl.N=C(N)COc1ccccc1. The van der Waals surface area contributed by atoms with E-state index in [4.69, 9.17) is 15.9 Å². The van der Waals surface area contributed by atoms with E-state index in [0.717, 1.165) is 5.75 Å². The topological polar surface area (TPSA) is 59.1 Å². The first-order valence-corrected chi connectivity index (χ1v) is 3.30. The molecule has 0 aliphatic heterocycles. The highest BCUT2D eigenvalue weighted by molar-refractivity contribution is 5.85. The molecule has 0 aliphatic carbocycles. The molecule has 0 amide bonds. The first-order chi connectivity index (χ1) is 5.29. The molecule has 0 atom stereocenters. The minimum Gasteiger partial charge on any atom is -0.486 e. The second-order valence-corrected chi connectivity index (χ2v) is 2.13. The van der Waals surface area contributed by atoms with E-state index in [-0.39, 0.29) is 24.8 Å². The molecule has 3 N–H and O–H groups in total. The average molecular weight is 187 g/mol. The van der Waals surface area contributed by atoms with Crippen LogP contribution in [0.15, 0.2) is 30.3 Å². The molecule has 0 aromatic heterocycles. The molecule has 0 aliphatic rings. The minimum atomic E-state index is 0. The van der Waals surface area contributed by atoms with Gasteiger partial charge in [0.2, 0.25) is 0 Å². The minimum absolute atomic E-state index is 0. The van der Waals surface area contributed by atoms with Crippen LogP contribution in [0.25, 0.3) is 0 Å². The number of halogens is 1. The molecule has 1 rings (SSSR count). The highest BCUT2D eigenvalue weighted by Crippen LogP contribution is 2.07. The lowest BCUT2D eigenvalue weighted by Gasteiger charge is -2.02. The van der Waals surface area contributed by atoms with Gasteiger partial charge in [0.25, 0.3) is 0 Å². The Bertz CT molecular complexity index is 238. The molecule has 0 saturated carbocycles. The zero-order valence-corrected chi connectivity index (χ0v) is 7.30. The molecule has 4 heteroatoms. The predicted molar refractivity (Wildman–Crippen MR) is 51.1 cm³/mol. The molecule has 1 aromatic rings. The Hall–Kier alpha value is -1.22. The fraction of sp³-hybridized carbons (Fsp3) is 0.125. The van der Waals surface area contributed by atoms with Crippen molar-refractivity contribution >= 4 is 18.2 Å². The van der Waals surface area contributed by atoms with Gasteiger partial charge in [0, 0.05) is 0 Å². The fourth-order valence-electron chi connectivity index (χ4n) is 0.678. The molecule has 0 radical (unpaired) electrons. The molecule has 0 bridgehead atoms.